The second-order valence-corrected chi connectivity index (χ2v) is 6.11. The Morgan fingerprint density at radius 2 is 2.29 bits per heavy atom. The zero-order chi connectivity index (χ0) is 12.9. The van der Waals surface area contributed by atoms with Crippen LogP contribution in [-0.2, 0) is 19.4 Å². The first kappa shape index (κ1) is 13.7. The Labute approximate surface area is 100 Å². The van der Waals surface area contributed by atoms with Crippen molar-refractivity contribution in [2.24, 2.45) is 0 Å². The molecule has 0 aromatic carbocycles. The highest BCUT2D eigenvalue weighted by atomic mass is 32.2. The van der Waals surface area contributed by atoms with Crippen molar-refractivity contribution in [1.29, 1.82) is 0 Å². The number of hydrogen-bond acceptors (Lipinski definition) is 5. The maximum Gasteiger partial charge on any atom is 0.410 e. The molecule has 1 aliphatic rings. The van der Waals surface area contributed by atoms with E-state index in [0.717, 1.165) is 6.26 Å². The number of hydrogen-bond donors (Lipinski definition) is 0. The Bertz CT molecular complexity index is 426. The van der Waals surface area contributed by atoms with Crippen LogP contribution in [0.2, 0.25) is 0 Å². The fourth-order valence-corrected chi connectivity index (χ4v) is 1.77. The highest BCUT2D eigenvalue weighted by Gasteiger charge is 2.19. The molecule has 0 atom stereocenters. The molecule has 0 N–H and O–H groups in total. The van der Waals surface area contributed by atoms with Crippen molar-refractivity contribution in [2.75, 3.05) is 31.7 Å². The van der Waals surface area contributed by atoms with Crippen LogP contribution < -0.4 is 0 Å². The first-order chi connectivity index (χ1) is 7.92. The summed E-state index contributed by atoms with van der Waals surface area (Å²) in [5.74, 6) is -0.192. The molecule has 1 heterocycles. The third-order valence-electron chi connectivity index (χ3n) is 2.27. The van der Waals surface area contributed by atoms with Crippen LogP contribution in [0.3, 0.4) is 0 Å². The van der Waals surface area contributed by atoms with Gasteiger partial charge in [-0.05, 0) is 6.42 Å². The number of aldehydes is 1. The quantitative estimate of drug-likeness (QED) is 0.665. The lowest BCUT2D eigenvalue weighted by Gasteiger charge is -2.24. The van der Waals surface area contributed by atoms with Crippen molar-refractivity contribution in [2.45, 2.75) is 6.42 Å². The molecular formula is C10H15NO5S. The smallest absolute Gasteiger partial charge is 0.410 e. The number of carbonyl (C=O) groups excluding carboxylic acids is 2. The van der Waals surface area contributed by atoms with Crippen LogP contribution in [0, 0.1) is 0 Å². The fourth-order valence-electron chi connectivity index (χ4n) is 1.38. The van der Waals surface area contributed by atoms with E-state index < -0.39 is 15.9 Å². The van der Waals surface area contributed by atoms with E-state index in [4.69, 9.17) is 4.74 Å². The van der Waals surface area contributed by atoms with Crippen molar-refractivity contribution in [3.05, 3.63) is 11.6 Å². The van der Waals surface area contributed by atoms with E-state index in [1.807, 2.05) is 0 Å². The molecule has 1 rings (SSSR count). The summed E-state index contributed by atoms with van der Waals surface area (Å²) >= 11 is 0. The summed E-state index contributed by atoms with van der Waals surface area (Å²) in [5.41, 5.74) is 0.538. The van der Waals surface area contributed by atoms with E-state index in [1.165, 1.54) is 4.90 Å². The zero-order valence-electron chi connectivity index (χ0n) is 9.59. The van der Waals surface area contributed by atoms with Gasteiger partial charge in [-0.3, -0.25) is 4.79 Å². The molecule has 0 aliphatic carbocycles. The average molecular weight is 261 g/mol. The van der Waals surface area contributed by atoms with Gasteiger partial charge in [0.2, 0.25) is 0 Å². The minimum absolute atomic E-state index is 0.158. The number of carbonyl (C=O) groups is 2. The number of sulfone groups is 1. The molecule has 0 bridgehead atoms. The Hall–Kier alpha value is -1.37. The maximum absolute atomic E-state index is 11.5. The van der Waals surface area contributed by atoms with Gasteiger partial charge in [-0.15, -0.1) is 0 Å². The van der Waals surface area contributed by atoms with Gasteiger partial charge in [-0.2, -0.15) is 0 Å². The van der Waals surface area contributed by atoms with Crippen molar-refractivity contribution < 1.29 is 22.7 Å². The summed E-state index contributed by atoms with van der Waals surface area (Å²) in [4.78, 5) is 23.4. The molecule has 0 unspecified atom stereocenters. The summed E-state index contributed by atoms with van der Waals surface area (Å²) in [6.07, 6.45) is 3.58. The minimum Gasteiger partial charge on any atom is -0.448 e. The summed E-state index contributed by atoms with van der Waals surface area (Å²) in [6, 6.07) is 0. The van der Waals surface area contributed by atoms with Crippen LogP contribution >= 0.6 is 0 Å². The zero-order valence-corrected chi connectivity index (χ0v) is 10.4. The van der Waals surface area contributed by atoms with E-state index in [9.17, 15) is 18.0 Å². The summed E-state index contributed by atoms with van der Waals surface area (Å²) in [6.45, 7) is 0.546. The van der Waals surface area contributed by atoms with Gasteiger partial charge in [0, 0.05) is 18.4 Å². The monoisotopic (exact) mass is 261 g/mol. The Balaban J connectivity index is 2.39. The van der Waals surface area contributed by atoms with Gasteiger partial charge in [0.1, 0.15) is 12.9 Å². The predicted octanol–water partition coefficient (Wildman–Crippen LogP) is -0.00140. The van der Waals surface area contributed by atoms with E-state index in [2.05, 4.69) is 0 Å². The van der Waals surface area contributed by atoms with Gasteiger partial charge in [0.15, 0.2) is 9.84 Å². The molecule has 0 spiro atoms. The molecule has 17 heavy (non-hydrogen) atoms. The molecule has 0 saturated heterocycles. The van der Waals surface area contributed by atoms with Crippen molar-refractivity contribution in [1.82, 2.24) is 4.90 Å². The van der Waals surface area contributed by atoms with Crippen LogP contribution in [-0.4, -0.2) is 57.4 Å². The number of ether oxygens (including phenoxy) is 1. The normalized spacial score (nSPS) is 16.3. The van der Waals surface area contributed by atoms with Gasteiger partial charge in [0.05, 0.1) is 12.3 Å². The molecule has 1 amide bonds. The van der Waals surface area contributed by atoms with Crippen molar-refractivity contribution in [3.8, 4) is 0 Å². The Morgan fingerprint density at radius 3 is 2.88 bits per heavy atom. The third kappa shape index (κ3) is 4.99. The van der Waals surface area contributed by atoms with E-state index in [0.29, 0.717) is 24.8 Å². The number of rotatable bonds is 4. The topological polar surface area (TPSA) is 80.8 Å². The van der Waals surface area contributed by atoms with Crippen LogP contribution in [0.5, 0.6) is 0 Å². The van der Waals surface area contributed by atoms with E-state index in [-0.39, 0.29) is 18.9 Å². The van der Waals surface area contributed by atoms with Crippen LogP contribution in [0.1, 0.15) is 6.42 Å². The summed E-state index contributed by atoms with van der Waals surface area (Å²) < 4.78 is 26.5. The van der Waals surface area contributed by atoms with Gasteiger partial charge < -0.3 is 9.64 Å². The highest BCUT2D eigenvalue weighted by Crippen LogP contribution is 2.08. The van der Waals surface area contributed by atoms with Crippen molar-refractivity contribution >= 4 is 22.2 Å². The van der Waals surface area contributed by atoms with Gasteiger partial charge in [-0.25, -0.2) is 13.2 Å². The molecule has 0 aromatic heterocycles. The van der Waals surface area contributed by atoms with Gasteiger partial charge in [0.25, 0.3) is 0 Å². The Kier molecular flexibility index (Phi) is 4.68. The lowest BCUT2D eigenvalue weighted by atomic mass is 10.1. The second kappa shape index (κ2) is 5.81. The number of nitrogens with zero attached hydrogens (tertiary/aromatic N) is 1. The first-order valence-corrected chi connectivity index (χ1v) is 7.22. The standard InChI is InChI=1S/C10H15NO5S/c1-17(14,15)6-5-16-10(13)11-4-2-3-9(7-11)8-12/h3,8H,2,4-7H2,1H3. The predicted molar refractivity (Wildman–Crippen MR) is 61.4 cm³/mol. The van der Waals surface area contributed by atoms with E-state index in [1.54, 1.807) is 6.08 Å². The van der Waals surface area contributed by atoms with Crippen LogP contribution in [0.25, 0.3) is 0 Å². The Morgan fingerprint density at radius 1 is 1.59 bits per heavy atom. The molecule has 0 radical (unpaired) electrons. The summed E-state index contributed by atoms with van der Waals surface area (Å²) in [7, 11) is -3.13. The number of amides is 1. The lowest BCUT2D eigenvalue weighted by Crippen LogP contribution is -2.37. The maximum atomic E-state index is 11.5. The van der Waals surface area contributed by atoms with Gasteiger partial charge >= 0.3 is 6.09 Å². The lowest BCUT2D eigenvalue weighted by molar-refractivity contribution is -0.105. The van der Waals surface area contributed by atoms with Crippen LogP contribution in [0.15, 0.2) is 11.6 Å². The highest BCUT2D eigenvalue weighted by molar-refractivity contribution is 7.90. The second-order valence-electron chi connectivity index (χ2n) is 3.85. The van der Waals surface area contributed by atoms with Gasteiger partial charge in [-0.1, -0.05) is 6.08 Å². The average Bonchev–Trinajstić information content (AvgIpc) is 2.27. The van der Waals surface area contributed by atoms with Crippen LogP contribution in [0.4, 0.5) is 4.79 Å². The molecule has 0 aromatic rings. The largest absolute Gasteiger partial charge is 0.448 e. The molecule has 7 heteroatoms. The molecule has 0 saturated carbocycles. The molecular weight excluding hydrogens is 246 g/mol. The molecule has 0 fully saturated rings. The minimum atomic E-state index is -3.13. The third-order valence-corrected chi connectivity index (χ3v) is 3.18. The van der Waals surface area contributed by atoms with E-state index >= 15 is 0 Å². The molecule has 1 aliphatic heterocycles. The fraction of sp³-hybridized carbons (Fsp3) is 0.600. The van der Waals surface area contributed by atoms with Crippen molar-refractivity contribution in [3.63, 3.8) is 0 Å². The first-order valence-electron chi connectivity index (χ1n) is 5.16. The molecule has 6 nitrogen and oxygen atoms in total. The summed E-state index contributed by atoms with van der Waals surface area (Å²) in [5, 5.41) is 0. The SMILES string of the molecule is CS(=O)(=O)CCOC(=O)N1CCC=C(C=O)C1. The molecule has 96 valence electrons.